The average molecular weight is 300 g/mol. The standard InChI is InChI=1S/C12H10ClNO4S/c13-8-1-2-9(18-5-11(15)16)7(3-8)4-10-12(17)14-6-19-10/h1-4H,5-6H2,(H,14,17)(H,15,16)/b10-4-. The molecule has 0 saturated carbocycles. The zero-order chi connectivity index (χ0) is 13.8. The second-order valence-electron chi connectivity index (χ2n) is 3.67. The average Bonchev–Trinajstić information content (AvgIpc) is 2.74. The highest BCUT2D eigenvalue weighted by Gasteiger charge is 2.17. The summed E-state index contributed by atoms with van der Waals surface area (Å²) in [5.41, 5.74) is 0.577. The monoisotopic (exact) mass is 299 g/mol. The van der Waals surface area contributed by atoms with Gasteiger partial charge < -0.3 is 15.2 Å². The number of halogens is 1. The zero-order valence-corrected chi connectivity index (χ0v) is 11.3. The van der Waals surface area contributed by atoms with Crippen molar-refractivity contribution in [2.45, 2.75) is 0 Å². The van der Waals surface area contributed by atoms with Gasteiger partial charge in [0.05, 0.1) is 10.8 Å². The number of nitrogens with one attached hydrogen (secondary N) is 1. The summed E-state index contributed by atoms with van der Waals surface area (Å²) in [7, 11) is 0. The van der Waals surface area contributed by atoms with E-state index in [-0.39, 0.29) is 5.91 Å². The van der Waals surface area contributed by atoms with E-state index in [4.69, 9.17) is 21.4 Å². The van der Waals surface area contributed by atoms with Gasteiger partial charge in [0.2, 0.25) is 0 Å². The van der Waals surface area contributed by atoms with Crippen LogP contribution in [-0.2, 0) is 9.59 Å². The molecule has 2 N–H and O–H groups in total. The van der Waals surface area contributed by atoms with E-state index < -0.39 is 12.6 Å². The Labute approximate surface area is 118 Å². The number of carbonyl (C=O) groups excluding carboxylic acids is 1. The lowest BCUT2D eigenvalue weighted by molar-refractivity contribution is -0.139. The molecule has 0 radical (unpaired) electrons. The van der Waals surface area contributed by atoms with Crippen LogP contribution in [0, 0.1) is 0 Å². The fourth-order valence-corrected chi connectivity index (χ4v) is 2.44. The van der Waals surface area contributed by atoms with Crippen molar-refractivity contribution in [1.29, 1.82) is 0 Å². The molecule has 0 bridgehead atoms. The summed E-state index contributed by atoms with van der Waals surface area (Å²) in [4.78, 5) is 22.5. The quantitative estimate of drug-likeness (QED) is 0.831. The van der Waals surface area contributed by atoms with E-state index in [1.807, 2.05) is 0 Å². The van der Waals surface area contributed by atoms with Crippen molar-refractivity contribution in [2.75, 3.05) is 12.5 Å². The number of amides is 1. The second kappa shape index (κ2) is 5.99. The van der Waals surface area contributed by atoms with Gasteiger partial charge in [0.25, 0.3) is 5.91 Å². The molecule has 5 nitrogen and oxygen atoms in total. The topological polar surface area (TPSA) is 75.6 Å². The summed E-state index contributed by atoms with van der Waals surface area (Å²) in [6.45, 7) is -0.447. The number of ether oxygens (including phenoxy) is 1. The maximum absolute atomic E-state index is 11.5. The number of hydrogen-bond donors (Lipinski definition) is 2. The van der Waals surface area contributed by atoms with Gasteiger partial charge in [-0.3, -0.25) is 4.79 Å². The van der Waals surface area contributed by atoms with Gasteiger partial charge in [-0.2, -0.15) is 0 Å². The lowest BCUT2D eigenvalue weighted by Gasteiger charge is -2.08. The number of thioether (sulfide) groups is 1. The minimum Gasteiger partial charge on any atom is -0.481 e. The maximum atomic E-state index is 11.5. The van der Waals surface area contributed by atoms with Crippen LogP contribution in [-0.4, -0.2) is 29.5 Å². The minimum absolute atomic E-state index is 0.158. The van der Waals surface area contributed by atoms with Crippen molar-refractivity contribution >= 4 is 41.3 Å². The van der Waals surface area contributed by atoms with Crippen LogP contribution >= 0.6 is 23.4 Å². The molecular weight excluding hydrogens is 290 g/mol. The van der Waals surface area contributed by atoms with Crippen LogP contribution < -0.4 is 10.1 Å². The Morgan fingerprint density at radius 2 is 2.37 bits per heavy atom. The second-order valence-corrected chi connectivity index (χ2v) is 5.12. The lowest BCUT2D eigenvalue weighted by Crippen LogP contribution is -2.14. The van der Waals surface area contributed by atoms with Crippen LogP contribution in [0.5, 0.6) is 5.75 Å². The van der Waals surface area contributed by atoms with Gasteiger partial charge in [0, 0.05) is 10.6 Å². The Morgan fingerprint density at radius 1 is 1.58 bits per heavy atom. The van der Waals surface area contributed by atoms with Crippen LogP contribution in [0.15, 0.2) is 23.1 Å². The molecule has 7 heteroatoms. The minimum atomic E-state index is -1.07. The Hall–Kier alpha value is -1.66. The summed E-state index contributed by atoms with van der Waals surface area (Å²) in [6.07, 6.45) is 1.63. The molecule has 1 aliphatic heterocycles. The highest BCUT2D eigenvalue weighted by molar-refractivity contribution is 8.04. The summed E-state index contributed by atoms with van der Waals surface area (Å²) in [5, 5.41) is 11.8. The molecule has 0 atom stereocenters. The number of carboxylic acids is 1. The van der Waals surface area contributed by atoms with Crippen molar-refractivity contribution < 1.29 is 19.4 Å². The van der Waals surface area contributed by atoms with Crippen LogP contribution in [0.1, 0.15) is 5.56 Å². The van der Waals surface area contributed by atoms with E-state index in [1.54, 1.807) is 24.3 Å². The molecule has 0 unspecified atom stereocenters. The molecular formula is C12H10ClNO4S. The summed E-state index contributed by atoms with van der Waals surface area (Å²) in [5.74, 6) is -0.327. The molecule has 1 fully saturated rings. The fourth-order valence-electron chi connectivity index (χ4n) is 1.48. The van der Waals surface area contributed by atoms with E-state index in [2.05, 4.69) is 5.32 Å². The molecule has 1 amide bonds. The summed E-state index contributed by atoms with van der Waals surface area (Å²) >= 11 is 7.26. The molecule has 1 aliphatic rings. The third kappa shape index (κ3) is 3.65. The van der Waals surface area contributed by atoms with Crippen LogP contribution in [0.2, 0.25) is 5.02 Å². The predicted molar refractivity (Wildman–Crippen MR) is 73.2 cm³/mol. The molecule has 1 aromatic rings. The van der Waals surface area contributed by atoms with Gasteiger partial charge >= 0.3 is 5.97 Å². The first-order valence-electron chi connectivity index (χ1n) is 5.33. The largest absolute Gasteiger partial charge is 0.481 e. The Kier molecular flexibility index (Phi) is 4.34. The van der Waals surface area contributed by atoms with Crippen molar-refractivity contribution in [3.8, 4) is 5.75 Å². The smallest absolute Gasteiger partial charge is 0.341 e. The van der Waals surface area contributed by atoms with Crippen LogP contribution in [0.3, 0.4) is 0 Å². The predicted octanol–water partition coefficient (Wildman–Crippen LogP) is 1.96. The van der Waals surface area contributed by atoms with Gasteiger partial charge in [-0.05, 0) is 24.3 Å². The van der Waals surface area contributed by atoms with E-state index >= 15 is 0 Å². The van der Waals surface area contributed by atoms with Gasteiger partial charge in [0.1, 0.15) is 5.75 Å². The van der Waals surface area contributed by atoms with Gasteiger partial charge in [-0.25, -0.2) is 4.79 Å². The third-order valence-corrected chi connectivity index (χ3v) is 3.43. The Bertz CT molecular complexity index is 559. The Morgan fingerprint density at radius 3 is 3.00 bits per heavy atom. The van der Waals surface area contributed by atoms with Crippen molar-refractivity contribution in [1.82, 2.24) is 5.32 Å². The maximum Gasteiger partial charge on any atom is 0.341 e. The molecule has 0 aromatic heterocycles. The molecule has 0 spiro atoms. The number of aliphatic carboxylic acids is 1. The molecule has 1 aromatic carbocycles. The van der Waals surface area contributed by atoms with Crippen molar-refractivity contribution in [3.05, 3.63) is 33.7 Å². The number of hydrogen-bond acceptors (Lipinski definition) is 4. The molecule has 1 saturated heterocycles. The zero-order valence-electron chi connectivity index (χ0n) is 9.68. The highest BCUT2D eigenvalue weighted by Crippen LogP contribution is 2.29. The summed E-state index contributed by atoms with van der Waals surface area (Å²) in [6, 6.07) is 4.80. The van der Waals surface area contributed by atoms with E-state index in [0.717, 1.165) is 0 Å². The van der Waals surface area contributed by atoms with E-state index in [9.17, 15) is 9.59 Å². The van der Waals surface area contributed by atoms with Crippen LogP contribution in [0.25, 0.3) is 6.08 Å². The number of rotatable bonds is 4. The first-order valence-corrected chi connectivity index (χ1v) is 6.69. The molecule has 19 heavy (non-hydrogen) atoms. The number of benzene rings is 1. The first-order chi connectivity index (χ1) is 9.06. The fraction of sp³-hybridized carbons (Fsp3) is 0.167. The normalized spacial score (nSPS) is 16.5. The number of carbonyl (C=O) groups is 2. The van der Waals surface area contributed by atoms with E-state index in [0.29, 0.717) is 27.1 Å². The van der Waals surface area contributed by atoms with Crippen molar-refractivity contribution in [3.63, 3.8) is 0 Å². The number of carboxylic acid groups (broad SMARTS) is 1. The third-order valence-electron chi connectivity index (χ3n) is 2.29. The SMILES string of the molecule is O=C(O)COc1ccc(Cl)cc1/C=C1\SCNC1=O. The Balaban J connectivity index is 2.29. The molecule has 0 aliphatic carbocycles. The van der Waals surface area contributed by atoms with Crippen LogP contribution in [0.4, 0.5) is 0 Å². The van der Waals surface area contributed by atoms with Gasteiger partial charge in [-0.15, -0.1) is 0 Å². The van der Waals surface area contributed by atoms with Gasteiger partial charge in [0.15, 0.2) is 6.61 Å². The molecule has 2 rings (SSSR count). The molecule has 1 heterocycles. The first kappa shape index (κ1) is 13.8. The highest BCUT2D eigenvalue weighted by atomic mass is 35.5. The summed E-state index contributed by atoms with van der Waals surface area (Å²) < 4.78 is 5.16. The van der Waals surface area contributed by atoms with Crippen molar-refractivity contribution in [2.24, 2.45) is 0 Å². The van der Waals surface area contributed by atoms with Gasteiger partial charge in [-0.1, -0.05) is 23.4 Å². The molecule has 100 valence electrons. The lowest BCUT2D eigenvalue weighted by atomic mass is 10.2. The van der Waals surface area contributed by atoms with E-state index in [1.165, 1.54) is 11.8 Å².